The molecule has 3 heterocycles. The van der Waals surface area contributed by atoms with Gasteiger partial charge in [-0.2, -0.15) is 8.75 Å². The molecule has 37 heavy (non-hydrogen) atoms. The molecule has 2 aliphatic rings. The third-order valence-corrected chi connectivity index (χ3v) is 10.4. The summed E-state index contributed by atoms with van der Waals surface area (Å²) in [6.07, 6.45) is 0.196. The first-order valence-electron chi connectivity index (χ1n) is 11.4. The standard InChI is InChI=1S/C25H18ClF2N3O4S2/c26-14-5-7-15(8-6-14)37(33,34)25-11-2-12-31(24(32)16-3-1-4-19-22(16)30-36-29-19)20(25)13-35-23-18(28)10-9-17(27)21(23)25/h1,3-10,20H,2,11-13H2/t20-,25+/m0/s1. The van der Waals surface area contributed by atoms with E-state index >= 15 is 4.39 Å². The summed E-state index contributed by atoms with van der Waals surface area (Å²) in [6.45, 7) is -0.137. The zero-order valence-electron chi connectivity index (χ0n) is 19.0. The number of ether oxygens (including phenoxy) is 1. The number of rotatable bonds is 3. The molecule has 0 spiro atoms. The second-order valence-electron chi connectivity index (χ2n) is 8.95. The summed E-state index contributed by atoms with van der Waals surface area (Å²) in [5, 5.41) is 0.322. The maximum Gasteiger partial charge on any atom is 0.256 e. The Labute approximate surface area is 219 Å². The quantitative estimate of drug-likeness (QED) is 0.350. The molecular formula is C25H18ClF2N3O4S2. The Morgan fingerprint density at radius 2 is 1.84 bits per heavy atom. The molecule has 7 nitrogen and oxygen atoms in total. The molecule has 2 atom stereocenters. The van der Waals surface area contributed by atoms with Crippen molar-refractivity contribution in [3.05, 3.63) is 82.4 Å². The number of benzene rings is 3. The van der Waals surface area contributed by atoms with E-state index in [4.69, 9.17) is 16.3 Å². The lowest BCUT2D eigenvalue weighted by Crippen LogP contribution is -2.64. The Morgan fingerprint density at radius 3 is 2.62 bits per heavy atom. The van der Waals surface area contributed by atoms with E-state index in [2.05, 4.69) is 8.75 Å². The van der Waals surface area contributed by atoms with Crippen LogP contribution in [0.2, 0.25) is 5.02 Å². The van der Waals surface area contributed by atoms with Gasteiger partial charge >= 0.3 is 0 Å². The van der Waals surface area contributed by atoms with Crippen LogP contribution in [-0.2, 0) is 14.6 Å². The van der Waals surface area contributed by atoms with Crippen molar-refractivity contribution < 1.29 is 26.7 Å². The van der Waals surface area contributed by atoms with Gasteiger partial charge in [0.2, 0.25) is 0 Å². The van der Waals surface area contributed by atoms with Gasteiger partial charge in [0.1, 0.15) is 28.2 Å². The Kier molecular flexibility index (Phi) is 5.70. The van der Waals surface area contributed by atoms with Crippen molar-refractivity contribution in [2.24, 2.45) is 0 Å². The Morgan fingerprint density at radius 1 is 1.08 bits per heavy atom. The minimum Gasteiger partial charge on any atom is -0.488 e. The maximum absolute atomic E-state index is 15.5. The minimum atomic E-state index is -4.40. The number of nitrogens with zero attached hydrogens (tertiary/aromatic N) is 3. The highest BCUT2D eigenvalue weighted by Gasteiger charge is 2.61. The molecule has 0 bridgehead atoms. The van der Waals surface area contributed by atoms with Crippen molar-refractivity contribution in [1.82, 2.24) is 13.6 Å². The second kappa shape index (κ2) is 8.71. The van der Waals surface area contributed by atoms with Crippen molar-refractivity contribution in [2.45, 2.75) is 28.5 Å². The molecule has 0 unspecified atom stereocenters. The molecule has 1 fully saturated rings. The first-order chi connectivity index (χ1) is 17.8. The molecule has 0 aliphatic carbocycles. The molecule has 6 rings (SSSR count). The largest absolute Gasteiger partial charge is 0.488 e. The van der Waals surface area contributed by atoms with E-state index in [1.165, 1.54) is 29.2 Å². The minimum absolute atomic E-state index is 0.0361. The molecule has 12 heteroatoms. The van der Waals surface area contributed by atoms with Gasteiger partial charge in [0.05, 0.1) is 33.8 Å². The van der Waals surface area contributed by atoms with E-state index in [-0.39, 0.29) is 36.5 Å². The van der Waals surface area contributed by atoms with Gasteiger partial charge in [-0.25, -0.2) is 17.2 Å². The molecule has 190 valence electrons. The van der Waals surface area contributed by atoms with Crippen LogP contribution in [-0.4, -0.2) is 47.2 Å². The van der Waals surface area contributed by atoms with Gasteiger partial charge in [0.25, 0.3) is 5.91 Å². The van der Waals surface area contributed by atoms with Crippen molar-refractivity contribution in [3.63, 3.8) is 0 Å². The van der Waals surface area contributed by atoms with Crippen LogP contribution in [0.3, 0.4) is 0 Å². The SMILES string of the molecule is O=C(c1cccc2nsnc12)N1CCC[C@]2(S(=O)(=O)c3ccc(Cl)cc3)c3c(F)ccc(F)c3OC[C@H]12. The summed E-state index contributed by atoms with van der Waals surface area (Å²) in [6, 6.07) is 11.1. The van der Waals surface area contributed by atoms with Crippen molar-refractivity contribution in [1.29, 1.82) is 0 Å². The average Bonchev–Trinajstić information content (AvgIpc) is 3.39. The van der Waals surface area contributed by atoms with E-state index in [0.717, 1.165) is 23.9 Å². The molecule has 2 aliphatic heterocycles. The molecular weight excluding hydrogens is 544 g/mol. The number of piperidine rings is 1. The summed E-state index contributed by atoms with van der Waals surface area (Å²) in [7, 11) is -4.40. The molecule has 0 N–H and O–H groups in total. The number of hydrogen-bond acceptors (Lipinski definition) is 7. The number of halogens is 3. The average molecular weight is 562 g/mol. The third kappa shape index (κ3) is 3.48. The summed E-state index contributed by atoms with van der Waals surface area (Å²) in [4.78, 5) is 15.2. The topological polar surface area (TPSA) is 89.5 Å². The van der Waals surface area contributed by atoms with Crippen LogP contribution < -0.4 is 4.74 Å². The van der Waals surface area contributed by atoms with Gasteiger partial charge in [-0.3, -0.25) is 4.79 Å². The summed E-state index contributed by atoms with van der Waals surface area (Å²) < 4.78 is 71.3. The normalized spacial score (nSPS) is 21.3. The first kappa shape index (κ1) is 24.2. The molecule has 0 saturated carbocycles. The van der Waals surface area contributed by atoms with Gasteiger partial charge in [-0.05, 0) is 61.4 Å². The molecule has 0 radical (unpaired) electrons. The van der Waals surface area contributed by atoms with E-state index in [9.17, 15) is 17.6 Å². The Balaban J connectivity index is 1.58. The summed E-state index contributed by atoms with van der Waals surface area (Å²) >= 11 is 6.95. The predicted molar refractivity (Wildman–Crippen MR) is 134 cm³/mol. The smallest absolute Gasteiger partial charge is 0.256 e. The van der Waals surface area contributed by atoms with Crippen LogP contribution in [0.5, 0.6) is 5.75 Å². The number of sulfone groups is 1. The highest BCUT2D eigenvalue weighted by atomic mass is 35.5. The zero-order chi connectivity index (χ0) is 25.9. The fraction of sp³-hybridized carbons (Fsp3) is 0.240. The fourth-order valence-electron chi connectivity index (χ4n) is 5.48. The fourth-order valence-corrected chi connectivity index (χ4v) is 8.50. The predicted octanol–water partition coefficient (Wildman–Crippen LogP) is 4.99. The van der Waals surface area contributed by atoms with Crippen LogP contribution in [0.1, 0.15) is 28.8 Å². The Bertz CT molecular complexity index is 1660. The first-order valence-corrected chi connectivity index (χ1v) is 14.0. The van der Waals surface area contributed by atoms with Gasteiger partial charge < -0.3 is 9.64 Å². The molecule has 4 aromatic rings. The van der Waals surface area contributed by atoms with E-state index < -0.39 is 49.5 Å². The number of carbonyl (C=O) groups is 1. The molecule has 3 aromatic carbocycles. The third-order valence-electron chi connectivity index (χ3n) is 7.11. The van der Waals surface area contributed by atoms with Gasteiger partial charge in [-0.1, -0.05) is 17.7 Å². The van der Waals surface area contributed by atoms with Crippen LogP contribution in [0.15, 0.2) is 59.5 Å². The second-order valence-corrected chi connectivity index (χ2v) is 12.1. The highest BCUT2D eigenvalue weighted by molar-refractivity contribution is 7.92. The van der Waals surface area contributed by atoms with Crippen LogP contribution in [0, 0.1) is 11.6 Å². The van der Waals surface area contributed by atoms with Crippen molar-refractivity contribution in [2.75, 3.05) is 13.2 Å². The monoisotopic (exact) mass is 561 g/mol. The van der Waals surface area contributed by atoms with Crippen molar-refractivity contribution in [3.8, 4) is 5.75 Å². The number of aromatic nitrogens is 2. The summed E-state index contributed by atoms with van der Waals surface area (Å²) in [5.74, 6) is -2.72. The lowest BCUT2D eigenvalue weighted by molar-refractivity contribution is 0.0320. The van der Waals surface area contributed by atoms with Crippen LogP contribution >= 0.6 is 23.3 Å². The summed E-state index contributed by atoms with van der Waals surface area (Å²) in [5.41, 5.74) is 0.774. The van der Waals surface area contributed by atoms with Crippen LogP contribution in [0.4, 0.5) is 8.78 Å². The lowest BCUT2D eigenvalue weighted by atomic mass is 9.80. The number of fused-ring (bicyclic) bond motifs is 4. The number of amides is 1. The van der Waals surface area contributed by atoms with Gasteiger partial charge in [-0.15, -0.1) is 0 Å². The van der Waals surface area contributed by atoms with Crippen LogP contribution in [0.25, 0.3) is 11.0 Å². The van der Waals surface area contributed by atoms with Gasteiger partial charge in [0, 0.05) is 11.6 Å². The number of hydrogen-bond donors (Lipinski definition) is 0. The molecule has 1 amide bonds. The number of carbonyl (C=O) groups excluding carboxylic acids is 1. The lowest BCUT2D eigenvalue weighted by Gasteiger charge is -2.51. The van der Waals surface area contributed by atoms with Gasteiger partial charge in [0.15, 0.2) is 21.4 Å². The molecule has 1 aromatic heterocycles. The van der Waals surface area contributed by atoms with E-state index in [1.807, 2.05) is 0 Å². The number of likely N-dealkylation sites (tertiary alicyclic amines) is 1. The van der Waals surface area contributed by atoms with E-state index in [1.54, 1.807) is 18.2 Å². The Hall–Kier alpha value is -3.15. The molecule has 1 saturated heterocycles. The van der Waals surface area contributed by atoms with Crippen molar-refractivity contribution >= 4 is 50.1 Å². The van der Waals surface area contributed by atoms with E-state index in [0.29, 0.717) is 16.1 Å². The zero-order valence-corrected chi connectivity index (χ0v) is 21.4. The highest BCUT2D eigenvalue weighted by Crippen LogP contribution is 2.54. The maximum atomic E-state index is 15.5.